The Bertz CT molecular complexity index is 571. The first kappa shape index (κ1) is 13.7. The third-order valence-corrected chi connectivity index (χ3v) is 3.59. The smallest absolute Gasteiger partial charge is 0.0826 e. The second-order valence-corrected chi connectivity index (χ2v) is 6.19. The van der Waals surface area contributed by atoms with Crippen LogP contribution < -0.4 is 5.73 Å². The molecular formula is C16H23N3. The fourth-order valence-corrected chi connectivity index (χ4v) is 2.15. The summed E-state index contributed by atoms with van der Waals surface area (Å²) < 4.78 is 1.97. The number of hydrogen-bond donors (Lipinski definition) is 1. The van der Waals surface area contributed by atoms with E-state index in [-0.39, 0.29) is 5.41 Å². The molecule has 0 radical (unpaired) electrons. The topological polar surface area (TPSA) is 43.8 Å². The molecule has 0 unspecified atom stereocenters. The molecule has 2 N–H and O–H groups in total. The standard InChI is InChI=1S/C16H23N3/c1-11-15(17)12(2)19(18-11)10-13-6-8-14(9-7-13)16(3,4)5/h6-9H,10,17H2,1-5H3. The van der Waals surface area contributed by atoms with Gasteiger partial charge >= 0.3 is 0 Å². The fraction of sp³-hybridized carbons (Fsp3) is 0.438. The SMILES string of the molecule is Cc1nn(Cc2ccc(C(C)(C)C)cc2)c(C)c1N. The summed E-state index contributed by atoms with van der Waals surface area (Å²) in [6.07, 6.45) is 0. The van der Waals surface area contributed by atoms with Crippen molar-refractivity contribution in [1.29, 1.82) is 0 Å². The predicted molar refractivity (Wildman–Crippen MR) is 80.4 cm³/mol. The number of nitrogen functional groups attached to an aromatic ring is 1. The summed E-state index contributed by atoms with van der Waals surface area (Å²) in [5.41, 5.74) is 11.5. The molecule has 19 heavy (non-hydrogen) atoms. The van der Waals surface area contributed by atoms with Gasteiger partial charge in [0.15, 0.2) is 0 Å². The third kappa shape index (κ3) is 2.80. The summed E-state index contributed by atoms with van der Waals surface area (Å²) in [7, 11) is 0. The van der Waals surface area contributed by atoms with Crippen LogP contribution >= 0.6 is 0 Å². The van der Waals surface area contributed by atoms with E-state index in [1.54, 1.807) is 0 Å². The molecule has 2 aromatic rings. The summed E-state index contributed by atoms with van der Waals surface area (Å²) in [5, 5.41) is 4.47. The van der Waals surface area contributed by atoms with Crippen LogP contribution in [-0.4, -0.2) is 9.78 Å². The molecule has 0 aliphatic carbocycles. The molecule has 3 nitrogen and oxygen atoms in total. The van der Waals surface area contributed by atoms with Crippen LogP contribution in [0.1, 0.15) is 43.3 Å². The lowest BCUT2D eigenvalue weighted by Gasteiger charge is -2.19. The highest BCUT2D eigenvalue weighted by molar-refractivity contribution is 5.47. The molecule has 0 saturated carbocycles. The second-order valence-electron chi connectivity index (χ2n) is 6.19. The highest BCUT2D eigenvalue weighted by Crippen LogP contribution is 2.23. The van der Waals surface area contributed by atoms with Crippen LogP contribution in [0.4, 0.5) is 5.69 Å². The minimum Gasteiger partial charge on any atom is -0.396 e. The van der Waals surface area contributed by atoms with Gasteiger partial charge in [0.1, 0.15) is 0 Å². The van der Waals surface area contributed by atoms with Crippen LogP contribution in [0.5, 0.6) is 0 Å². The third-order valence-electron chi connectivity index (χ3n) is 3.59. The highest BCUT2D eigenvalue weighted by Gasteiger charge is 2.13. The van der Waals surface area contributed by atoms with Crippen molar-refractivity contribution in [3.05, 3.63) is 46.8 Å². The molecule has 0 aliphatic rings. The Morgan fingerprint density at radius 3 is 2.11 bits per heavy atom. The van der Waals surface area contributed by atoms with Crippen molar-refractivity contribution < 1.29 is 0 Å². The van der Waals surface area contributed by atoms with E-state index in [0.29, 0.717) is 0 Å². The first-order valence-electron chi connectivity index (χ1n) is 6.68. The van der Waals surface area contributed by atoms with Crippen LogP contribution in [-0.2, 0) is 12.0 Å². The van der Waals surface area contributed by atoms with Gasteiger partial charge in [-0.25, -0.2) is 0 Å². The molecule has 1 heterocycles. The Morgan fingerprint density at radius 2 is 1.68 bits per heavy atom. The second kappa shape index (κ2) is 4.72. The highest BCUT2D eigenvalue weighted by atomic mass is 15.3. The molecule has 0 fully saturated rings. The molecule has 0 aliphatic heterocycles. The zero-order valence-corrected chi connectivity index (χ0v) is 12.5. The van der Waals surface area contributed by atoms with Gasteiger partial charge in [-0.1, -0.05) is 45.0 Å². The van der Waals surface area contributed by atoms with Crippen molar-refractivity contribution >= 4 is 5.69 Å². The van der Waals surface area contributed by atoms with Crippen molar-refractivity contribution in [3.8, 4) is 0 Å². The van der Waals surface area contributed by atoms with E-state index in [1.165, 1.54) is 11.1 Å². The van der Waals surface area contributed by atoms with E-state index in [1.807, 2.05) is 18.5 Å². The molecule has 0 amide bonds. The minimum atomic E-state index is 0.196. The van der Waals surface area contributed by atoms with Gasteiger partial charge in [-0.05, 0) is 30.4 Å². The number of nitrogens with zero attached hydrogens (tertiary/aromatic N) is 2. The lowest BCUT2D eigenvalue weighted by molar-refractivity contribution is 0.589. The molecule has 2 rings (SSSR count). The van der Waals surface area contributed by atoms with E-state index < -0.39 is 0 Å². The lowest BCUT2D eigenvalue weighted by Crippen LogP contribution is -2.11. The Hall–Kier alpha value is -1.77. The fourth-order valence-electron chi connectivity index (χ4n) is 2.15. The summed E-state index contributed by atoms with van der Waals surface area (Å²) >= 11 is 0. The van der Waals surface area contributed by atoms with Crippen LogP contribution in [0.15, 0.2) is 24.3 Å². The first-order valence-corrected chi connectivity index (χ1v) is 6.68. The van der Waals surface area contributed by atoms with Crippen molar-refractivity contribution in [3.63, 3.8) is 0 Å². The van der Waals surface area contributed by atoms with Gasteiger partial charge in [-0.3, -0.25) is 4.68 Å². The van der Waals surface area contributed by atoms with Crippen molar-refractivity contribution in [1.82, 2.24) is 9.78 Å². The number of aryl methyl sites for hydroxylation is 1. The first-order chi connectivity index (χ1) is 8.79. The molecule has 102 valence electrons. The van der Waals surface area contributed by atoms with Crippen LogP contribution in [0.2, 0.25) is 0 Å². The number of benzene rings is 1. The van der Waals surface area contributed by atoms with E-state index in [9.17, 15) is 0 Å². The van der Waals surface area contributed by atoms with Crippen LogP contribution in [0, 0.1) is 13.8 Å². The molecule has 3 heteroatoms. The number of anilines is 1. The Balaban J connectivity index is 2.22. The van der Waals surface area contributed by atoms with Crippen LogP contribution in [0.25, 0.3) is 0 Å². The quantitative estimate of drug-likeness (QED) is 0.895. The van der Waals surface area contributed by atoms with E-state index >= 15 is 0 Å². The number of nitrogens with two attached hydrogens (primary N) is 1. The van der Waals surface area contributed by atoms with Gasteiger partial charge in [0, 0.05) is 0 Å². The maximum atomic E-state index is 5.95. The van der Waals surface area contributed by atoms with Crippen molar-refractivity contribution in [2.75, 3.05) is 5.73 Å². The molecule has 0 atom stereocenters. The maximum Gasteiger partial charge on any atom is 0.0826 e. The average molecular weight is 257 g/mol. The summed E-state index contributed by atoms with van der Waals surface area (Å²) in [4.78, 5) is 0. The summed E-state index contributed by atoms with van der Waals surface area (Å²) in [6.45, 7) is 11.4. The van der Waals surface area contributed by atoms with Crippen molar-refractivity contribution in [2.45, 2.75) is 46.6 Å². The minimum absolute atomic E-state index is 0.196. The Morgan fingerprint density at radius 1 is 1.11 bits per heavy atom. The Kier molecular flexibility index (Phi) is 3.40. The Labute approximate surface area is 115 Å². The molecule has 0 saturated heterocycles. The van der Waals surface area contributed by atoms with Crippen molar-refractivity contribution in [2.24, 2.45) is 0 Å². The van der Waals surface area contributed by atoms with Gasteiger partial charge in [0.2, 0.25) is 0 Å². The summed E-state index contributed by atoms with van der Waals surface area (Å²) in [5.74, 6) is 0. The molecule has 0 bridgehead atoms. The predicted octanol–water partition coefficient (Wildman–Crippen LogP) is 3.43. The zero-order chi connectivity index (χ0) is 14.2. The zero-order valence-electron chi connectivity index (χ0n) is 12.5. The average Bonchev–Trinajstić information content (AvgIpc) is 2.57. The monoisotopic (exact) mass is 257 g/mol. The van der Waals surface area contributed by atoms with E-state index in [0.717, 1.165) is 23.6 Å². The maximum absolute atomic E-state index is 5.95. The molecule has 0 spiro atoms. The largest absolute Gasteiger partial charge is 0.396 e. The van der Waals surface area contributed by atoms with E-state index in [2.05, 4.69) is 50.1 Å². The van der Waals surface area contributed by atoms with E-state index in [4.69, 9.17) is 5.73 Å². The normalized spacial score (nSPS) is 11.8. The van der Waals surface area contributed by atoms with Gasteiger partial charge in [-0.2, -0.15) is 5.10 Å². The molecule has 1 aromatic carbocycles. The lowest BCUT2D eigenvalue weighted by atomic mass is 9.87. The van der Waals surface area contributed by atoms with Gasteiger partial charge in [0.05, 0.1) is 23.6 Å². The summed E-state index contributed by atoms with van der Waals surface area (Å²) in [6, 6.07) is 8.75. The number of hydrogen-bond acceptors (Lipinski definition) is 2. The number of rotatable bonds is 2. The van der Waals surface area contributed by atoms with Gasteiger partial charge in [-0.15, -0.1) is 0 Å². The van der Waals surface area contributed by atoms with Crippen LogP contribution in [0.3, 0.4) is 0 Å². The van der Waals surface area contributed by atoms with Gasteiger partial charge < -0.3 is 5.73 Å². The molecular weight excluding hydrogens is 234 g/mol. The van der Waals surface area contributed by atoms with Gasteiger partial charge in [0.25, 0.3) is 0 Å². The molecule has 1 aromatic heterocycles. The number of aromatic nitrogens is 2.